The third kappa shape index (κ3) is 4.72. The van der Waals surface area contributed by atoms with Crippen molar-refractivity contribution in [3.63, 3.8) is 0 Å². The Morgan fingerprint density at radius 3 is 2.60 bits per heavy atom. The molecule has 1 fully saturated rings. The zero-order valence-corrected chi connectivity index (χ0v) is 14.6. The fraction of sp³-hybridized carbons (Fsp3) is 0.316. The molecule has 1 saturated heterocycles. The molecule has 2 atom stereocenters. The van der Waals surface area contributed by atoms with Crippen LogP contribution in [0, 0.1) is 5.92 Å². The molecular weight excluding hydrogens is 338 g/mol. The number of amides is 1. The summed E-state index contributed by atoms with van der Waals surface area (Å²) in [5.41, 5.74) is 8.74. The molecular formula is C19H22ClN3O2. The fourth-order valence-corrected chi connectivity index (χ4v) is 2.94. The summed E-state index contributed by atoms with van der Waals surface area (Å²) in [6.45, 7) is 1.85. The van der Waals surface area contributed by atoms with Crippen LogP contribution < -0.4 is 16.4 Å². The van der Waals surface area contributed by atoms with E-state index in [9.17, 15) is 4.79 Å². The number of hydrogen-bond donors (Lipinski definition) is 3. The van der Waals surface area contributed by atoms with Crippen molar-refractivity contribution in [2.24, 2.45) is 11.7 Å². The monoisotopic (exact) mass is 359 g/mol. The molecule has 25 heavy (non-hydrogen) atoms. The largest absolute Gasteiger partial charge is 0.381 e. The number of ether oxygens (including phenoxy) is 1. The summed E-state index contributed by atoms with van der Waals surface area (Å²) in [5.74, 6) is -0.106. The Kier molecular flexibility index (Phi) is 5.91. The lowest BCUT2D eigenvalue weighted by Crippen LogP contribution is -2.42. The molecule has 1 amide bonds. The summed E-state index contributed by atoms with van der Waals surface area (Å²) >= 11 is 5.91. The van der Waals surface area contributed by atoms with Crippen molar-refractivity contribution in [3.8, 4) is 0 Å². The molecule has 4 N–H and O–H groups in total. The second-order valence-corrected chi connectivity index (χ2v) is 6.60. The van der Waals surface area contributed by atoms with Crippen molar-refractivity contribution < 1.29 is 9.53 Å². The standard InChI is InChI=1S/C19H22ClN3O2/c20-15-7-5-13(6-8-15)11-22-16-3-1-2-4-17(16)23-19(24)18(21)14-9-10-25-12-14/h1-8,14,18,22H,9-12,21H2,(H,23,24). The Balaban J connectivity index is 1.63. The van der Waals surface area contributed by atoms with Gasteiger partial charge in [0.05, 0.1) is 24.0 Å². The second-order valence-electron chi connectivity index (χ2n) is 6.16. The third-order valence-corrected chi connectivity index (χ3v) is 4.61. The van der Waals surface area contributed by atoms with Gasteiger partial charge in [0.2, 0.25) is 5.91 Å². The van der Waals surface area contributed by atoms with E-state index in [1.165, 1.54) is 0 Å². The van der Waals surface area contributed by atoms with E-state index in [0.29, 0.717) is 24.8 Å². The van der Waals surface area contributed by atoms with Gasteiger partial charge >= 0.3 is 0 Å². The first-order chi connectivity index (χ1) is 12.1. The lowest BCUT2D eigenvalue weighted by molar-refractivity contribution is -0.118. The minimum atomic E-state index is -0.563. The number of hydrogen-bond acceptors (Lipinski definition) is 4. The number of carbonyl (C=O) groups excluding carboxylic acids is 1. The molecule has 0 spiro atoms. The first-order valence-electron chi connectivity index (χ1n) is 8.35. The summed E-state index contributed by atoms with van der Waals surface area (Å²) in [6.07, 6.45) is 0.824. The van der Waals surface area contributed by atoms with Crippen molar-refractivity contribution in [1.29, 1.82) is 0 Å². The molecule has 6 heteroatoms. The predicted molar refractivity (Wildman–Crippen MR) is 101 cm³/mol. The van der Waals surface area contributed by atoms with Crippen LogP contribution in [-0.4, -0.2) is 25.2 Å². The van der Waals surface area contributed by atoms with E-state index in [-0.39, 0.29) is 11.8 Å². The number of anilines is 2. The number of nitrogens with one attached hydrogen (secondary N) is 2. The Morgan fingerprint density at radius 2 is 1.92 bits per heavy atom. The van der Waals surface area contributed by atoms with Crippen LogP contribution in [0.3, 0.4) is 0 Å². The maximum Gasteiger partial charge on any atom is 0.241 e. The quantitative estimate of drug-likeness (QED) is 0.740. The molecule has 3 rings (SSSR count). The molecule has 5 nitrogen and oxygen atoms in total. The highest BCUT2D eigenvalue weighted by Crippen LogP contribution is 2.23. The maximum atomic E-state index is 12.4. The minimum Gasteiger partial charge on any atom is -0.381 e. The van der Waals surface area contributed by atoms with E-state index in [1.807, 2.05) is 48.5 Å². The lowest BCUT2D eigenvalue weighted by Gasteiger charge is -2.19. The number of rotatable bonds is 6. The van der Waals surface area contributed by atoms with Crippen molar-refractivity contribution in [3.05, 3.63) is 59.1 Å². The average Bonchev–Trinajstić information content (AvgIpc) is 3.16. The third-order valence-electron chi connectivity index (χ3n) is 4.36. The molecule has 1 aliphatic heterocycles. The molecule has 2 unspecified atom stereocenters. The highest BCUT2D eigenvalue weighted by molar-refractivity contribution is 6.30. The van der Waals surface area contributed by atoms with E-state index in [0.717, 1.165) is 23.4 Å². The number of nitrogens with two attached hydrogens (primary N) is 1. The van der Waals surface area contributed by atoms with Crippen molar-refractivity contribution >= 4 is 28.9 Å². The van der Waals surface area contributed by atoms with Gasteiger partial charge in [0, 0.05) is 24.1 Å². The minimum absolute atomic E-state index is 0.0780. The summed E-state index contributed by atoms with van der Waals surface area (Å²) in [5, 5.41) is 6.98. The molecule has 1 heterocycles. The van der Waals surface area contributed by atoms with Crippen molar-refractivity contribution in [2.75, 3.05) is 23.8 Å². The van der Waals surface area contributed by atoms with E-state index in [4.69, 9.17) is 22.1 Å². The van der Waals surface area contributed by atoms with Gasteiger partial charge in [-0.05, 0) is 36.2 Å². The van der Waals surface area contributed by atoms with Gasteiger partial charge < -0.3 is 21.1 Å². The molecule has 2 aromatic rings. The van der Waals surface area contributed by atoms with Crippen molar-refractivity contribution in [1.82, 2.24) is 0 Å². The number of halogens is 1. The second kappa shape index (κ2) is 8.34. The summed E-state index contributed by atoms with van der Waals surface area (Å²) in [6, 6.07) is 14.7. The first kappa shape index (κ1) is 17.7. The smallest absolute Gasteiger partial charge is 0.241 e. The summed E-state index contributed by atoms with van der Waals surface area (Å²) in [7, 11) is 0. The average molecular weight is 360 g/mol. The Morgan fingerprint density at radius 1 is 1.20 bits per heavy atom. The van der Waals surface area contributed by atoms with Gasteiger partial charge in [0.25, 0.3) is 0 Å². The van der Waals surface area contributed by atoms with Crippen LogP contribution in [0.15, 0.2) is 48.5 Å². The highest BCUT2D eigenvalue weighted by Gasteiger charge is 2.28. The van der Waals surface area contributed by atoms with Gasteiger partial charge in [0.15, 0.2) is 0 Å². The lowest BCUT2D eigenvalue weighted by atomic mass is 9.99. The molecule has 2 aromatic carbocycles. The first-order valence-corrected chi connectivity index (χ1v) is 8.73. The van der Waals surface area contributed by atoms with Crippen LogP contribution in [0.5, 0.6) is 0 Å². The molecule has 1 aliphatic rings. The van der Waals surface area contributed by atoms with E-state index < -0.39 is 6.04 Å². The predicted octanol–water partition coefficient (Wildman–Crippen LogP) is 3.25. The van der Waals surface area contributed by atoms with Crippen LogP contribution in [-0.2, 0) is 16.1 Å². The van der Waals surface area contributed by atoms with Gasteiger partial charge in [-0.25, -0.2) is 0 Å². The van der Waals surface area contributed by atoms with E-state index in [2.05, 4.69) is 10.6 Å². The molecule has 0 bridgehead atoms. The zero-order chi connectivity index (χ0) is 17.6. The van der Waals surface area contributed by atoms with Gasteiger partial charge in [-0.15, -0.1) is 0 Å². The molecule has 0 aliphatic carbocycles. The van der Waals surface area contributed by atoms with Gasteiger partial charge in [0.1, 0.15) is 0 Å². The van der Waals surface area contributed by atoms with Crippen LogP contribution in [0.1, 0.15) is 12.0 Å². The number of carbonyl (C=O) groups is 1. The Labute approximate surface area is 152 Å². The normalized spacial score (nSPS) is 17.9. The highest BCUT2D eigenvalue weighted by atomic mass is 35.5. The van der Waals surface area contributed by atoms with Crippen LogP contribution in [0.4, 0.5) is 11.4 Å². The molecule has 0 saturated carbocycles. The van der Waals surface area contributed by atoms with E-state index >= 15 is 0 Å². The summed E-state index contributed by atoms with van der Waals surface area (Å²) < 4.78 is 5.32. The van der Waals surface area contributed by atoms with Crippen LogP contribution in [0.25, 0.3) is 0 Å². The number of para-hydroxylation sites is 2. The van der Waals surface area contributed by atoms with Gasteiger partial charge in [-0.3, -0.25) is 4.79 Å². The van der Waals surface area contributed by atoms with Crippen LogP contribution in [0.2, 0.25) is 5.02 Å². The molecule has 132 valence electrons. The fourth-order valence-electron chi connectivity index (χ4n) is 2.81. The molecule has 0 aromatic heterocycles. The van der Waals surface area contributed by atoms with Gasteiger partial charge in [-0.2, -0.15) is 0 Å². The summed E-state index contributed by atoms with van der Waals surface area (Å²) in [4.78, 5) is 12.4. The molecule has 0 radical (unpaired) electrons. The topological polar surface area (TPSA) is 76.4 Å². The zero-order valence-electron chi connectivity index (χ0n) is 13.9. The van der Waals surface area contributed by atoms with E-state index in [1.54, 1.807) is 0 Å². The Hall–Kier alpha value is -2.08. The van der Waals surface area contributed by atoms with Crippen LogP contribution >= 0.6 is 11.6 Å². The van der Waals surface area contributed by atoms with Gasteiger partial charge in [-0.1, -0.05) is 35.9 Å². The number of benzene rings is 2. The Bertz CT molecular complexity index is 715. The maximum absolute atomic E-state index is 12.4. The SMILES string of the molecule is NC(C(=O)Nc1ccccc1NCc1ccc(Cl)cc1)C1CCOC1. The van der Waals surface area contributed by atoms with Crippen molar-refractivity contribution in [2.45, 2.75) is 19.0 Å².